The lowest BCUT2D eigenvalue weighted by Crippen LogP contribution is -1.97. The van der Waals surface area contributed by atoms with Gasteiger partial charge in [-0.25, -0.2) is 0 Å². The zero-order valence-corrected chi connectivity index (χ0v) is 9.75. The van der Waals surface area contributed by atoms with E-state index in [0.717, 1.165) is 11.3 Å². The quantitative estimate of drug-likeness (QED) is 0.878. The molecule has 1 N–H and O–H groups in total. The summed E-state index contributed by atoms with van der Waals surface area (Å²) in [4.78, 5) is 4.14. The lowest BCUT2D eigenvalue weighted by atomic mass is 10.2. The van der Waals surface area contributed by atoms with Gasteiger partial charge in [-0.05, 0) is 30.7 Å². The van der Waals surface area contributed by atoms with Crippen molar-refractivity contribution >= 4 is 0 Å². The molecule has 0 spiro atoms. The summed E-state index contributed by atoms with van der Waals surface area (Å²) in [6.45, 7) is 1.86. The highest BCUT2D eigenvalue weighted by Gasteiger charge is 2.14. The Hall–Kier alpha value is -1.88. The standard InChI is InChI=1S/C12H14N2O3/c1-3-10(15)11-13-12(17-14-11)8-4-6-9(16-2)7-5-8/h4-7,10,15H,3H2,1-2H3. The van der Waals surface area contributed by atoms with Crippen LogP contribution in [-0.4, -0.2) is 22.4 Å². The van der Waals surface area contributed by atoms with E-state index < -0.39 is 6.10 Å². The molecular weight excluding hydrogens is 220 g/mol. The lowest BCUT2D eigenvalue weighted by Gasteiger charge is -1.99. The van der Waals surface area contributed by atoms with Crippen LogP contribution in [0.4, 0.5) is 0 Å². The summed E-state index contributed by atoms with van der Waals surface area (Å²) >= 11 is 0. The van der Waals surface area contributed by atoms with Crippen molar-refractivity contribution in [1.29, 1.82) is 0 Å². The van der Waals surface area contributed by atoms with Gasteiger partial charge in [-0.3, -0.25) is 0 Å². The van der Waals surface area contributed by atoms with Gasteiger partial charge in [0.25, 0.3) is 5.89 Å². The van der Waals surface area contributed by atoms with E-state index in [1.165, 1.54) is 0 Å². The molecule has 1 aromatic carbocycles. The van der Waals surface area contributed by atoms with Crippen LogP contribution in [0.2, 0.25) is 0 Å². The van der Waals surface area contributed by atoms with E-state index in [2.05, 4.69) is 10.1 Å². The Morgan fingerprint density at radius 1 is 1.35 bits per heavy atom. The number of hydrogen-bond donors (Lipinski definition) is 1. The van der Waals surface area contributed by atoms with Crippen molar-refractivity contribution in [3.05, 3.63) is 30.1 Å². The van der Waals surface area contributed by atoms with Crippen LogP contribution in [0.3, 0.4) is 0 Å². The molecule has 0 aliphatic heterocycles. The maximum atomic E-state index is 9.57. The minimum Gasteiger partial charge on any atom is -0.497 e. The molecule has 0 aliphatic rings. The van der Waals surface area contributed by atoms with Gasteiger partial charge in [0.15, 0.2) is 0 Å². The second-order valence-electron chi connectivity index (χ2n) is 3.61. The molecule has 1 unspecified atom stereocenters. The molecule has 1 aromatic heterocycles. The van der Waals surface area contributed by atoms with E-state index in [1.54, 1.807) is 7.11 Å². The lowest BCUT2D eigenvalue weighted by molar-refractivity contribution is 0.159. The molecule has 17 heavy (non-hydrogen) atoms. The van der Waals surface area contributed by atoms with Gasteiger partial charge in [-0.1, -0.05) is 12.1 Å². The third-order valence-corrected chi connectivity index (χ3v) is 2.46. The van der Waals surface area contributed by atoms with Gasteiger partial charge in [0.2, 0.25) is 5.82 Å². The van der Waals surface area contributed by atoms with Gasteiger partial charge in [0.1, 0.15) is 11.9 Å². The number of benzene rings is 1. The highest BCUT2D eigenvalue weighted by Crippen LogP contribution is 2.22. The van der Waals surface area contributed by atoms with Gasteiger partial charge < -0.3 is 14.4 Å². The molecule has 1 atom stereocenters. The molecule has 0 saturated heterocycles. The van der Waals surface area contributed by atoms with Crippen LogP contribution in [0.1, 0.15) is 25.3 Å². The molecule has 0 fully saturated rings. The molecule has 0 aliphatic carbocycles. The Morgan fingerprint density at radius 2 is 2.06 bits per heavy atom. The smallest absolute Gasteiger partial charge is 0.258 e. The van der Waals surface area contributed by atoms with Gasteiger partial charge in [-0.2, -0.15) is 4.98 Å². The average Bonchev–Trinajstić information content (AvgIpc) is 2.87. The summed E-state index contributed by atoms with van der Waals surface area (Å²) in [6.07, 6.45) is -0.118. The second-order valence-corrected chi connectivity index (χ2v) is 3.61. The van der Waals surface area contributed by atoms with Gasteiger partial charge in [-0.15, -0.1) is 0 Å². The summed E-state index contributed by atoms with van der Waals surface area (Å²) < 4.78 is 10.1. The van der Waals surface area contributed by atoms with Crippen molar-refractivity contribution in [3.63, 3.8) is 0 Å². The Morgan fingerprint density at radius 3 is 2.65 bits per heavy atom. The number of aliphatic hydroxyl groups is 1. The van der Waals surface area contributed by atoms with Crippen molar-refractivity contribution in [2.24, 2.45) is 0 Å². The van der Waals surface area contributed by atoms with Crippen LogP contribution >= 0.6 is 0 Å². The van der Waals surface area contributed by atoms with Crippen LogP contribution in [0.25, 0.3) is 11.5 Å². The van der Waals surface area contributed by atoms with Crippen molar-refractivity contribution in [2.75, 3.05) is 7.11 Å². The number of ether oxygens (including phenoxy) is 1. The molecule has 2 aromatic rings. The zero-order valence-electron chi connectivity index (χ0n) is 9.75. The molecule has 2 rings (SSSR count). The number of methoxy groups -OCH3 is 1. The Labute approximate surface area is 99.0 Å². The molecule has 1 heterocycles. The minimum atomic E-state index is -0.675. The normalized spacial score (nSPS) is 12.4. The number of aliphatic hydroxyl groups excluding tert-OH is 1. The van der Waals surface area contributed by atoms with E-state index in [0.29, 0.717) is 18.1 Å². The van der Waals surface area contributed by atoms with E-state index in [-0.39, 0.29) is 0 Å². The fourth-order valence-electron chi connectivity index (χ4n) is 1.40. The molecular formula is C12H14N2O3. The van der Waals surface area contributed by atoms with Crippen LogP contribution in [0.5, 0.6) is 5.75 Å². The summed E-state index contributed by atoms with van der Waals surface area (Å²) in [7, 11) is 1.61. The molecule has 90 valence electrons. The van der Waals surface area contributed by atoms with E-state index in [4.69, 9.17) is 9.26 Å². The predicted molar refractivity (Wildman–Crippen MR) is 61.5 cm³/mol. The SMILES string of the molecule is CCC(O)c1noc(-c2ccc(OC)cc2)n1. The number of aromatic nitrogens is 2. The monoisotopic (exact) mass is 234 g/mol. The second kappa shape index (κ2) is 4.97. The van der Waals surface area contributed by atoms with E-state index >= 15 is 0 Å². The highest BCUT2D eigenvalue weighted by atomic mass is 16.5. The van der Waals surface area contributed by atoms with Crippen molar-refractivity contribution in [1.82, 2.24) is 10.1 Å². The van der Waals surface area contributed by atoms with E-state index in [1.807, 2.05) is 31.2 Å². The first kappa shape index (κ1) is 11.6. The van der Waals surface area contributed by atoms with Crippen molar-refractivity contribution in [2.45, 2.75) is 19.4 Å². The fourth-order valence-corrected chi connectivity index (χ4v) is 1.40. The average molecular weight is 234 g/mol. The number of hydrogen-bond acceptors (Lipinski definition) is 5. The molecule has 5 nitrogen and oxygen atoms in total. The predicted octanol–water partition coefficient (Wildman–Crippen LogP) is 2.19. The molecule has 0 amide bonds. The van der Waals surface area contributed by atoms with Crippen LogP contribution < -0.4 is 4.74 Å². The Bertz CT molecular complexity index is 479. The van der Waals surface area contributed by atoms with Crippen molar-refractivity contribution in [3.8, 4) is 17.2 Å². The zero-order chi connectivity index (χ0) is 12.3. The fraction of sp³-hybridized carbons (Fsp3) is 0.333. The highest BCUT2D eigenvalue weighted by molar-refractivity contribution is 5.54. The van der Waals surface area contributed by atoms with Gasteiger partial charge in [0.05, 0.1) is 7.11 Å². The Balaban J connectivity index is 2.24. The molecule has 0 radical (unpaired) electrons. The van der Waals surface area contributed by atoms with Crippen molar-refractivity contribution < 1.29 is 14.4 Å². The van der Waals surface area contributed by atoms with Gasteiger partial charge >= 0.3 is 0 Å². The first-order valence-electron chi connectivity index (χ1n) is 5.40. The van der Waals surface area contributed by atoms with Crippen LogP contribution in [0.15, 0.2) is 28.8 Å². The first-order valence-corrected chi connectivity index (χ1v) is 5.40. The third-order valence-electron chi connectivity index (χ3n) is 2.46. The van der Waals surface area contributed by atoms with Gasteiger partial charge in [0, 0.05) is 5.56 Å². The number of nitrogens with zero attached hydrogens (tertiary/aromatic N) is 2. The number of rotatable bonds is 4. The summed E-state index contributed by atoms with van der Waals surface area (Å²) in [6, 6.07) is 7.29. The van der Waals surface area contributed by atoms with E-state index in [9.17, 15) is 5.11 Å². The molecule has 5 heteroatoms. The summed E-state index contributed by atoms with van der Waals surface area (Å²) in [5, 5.41) is 13.3. The minimum absolute atomic E-state index is 0.318. The molecule has 0 bridgehead atoms. The topological polar surface area (TPSA) is 68.4 Å². The summed E-state index contributed by atoms with van der Waals surface area (Å²) in [5.74, 6) is 1.48. The maximum Gasteiger partial charge on any atom is 0.258 e. The third kappa shape index (κ3) is 2.45. The largest absolute Gasteiger partial charge is 0.497 e. The Kier molecular flexibility index (Phi) is 3.39. The summed E-state index contributed by atoms with van der Waals surface area (Å²) in [5.41, 5.74) is 0.799. The maximum absolute atomic E-state index is 9.57. The molecule has 0 saturated carbocycles. The van der Waals surface area contributed by atoms with Crippen LogP contribution in [0, 0.1) is 0 Å². The first-order chi connectivity index (χ1) is 8.24. The van der Waals surface area contributed by atoms with Crippen LogP contribution in [-0.2, 0) is 0 Å².